The number of halogens is 1. The van der Waals surface area contributed by atoms with E-state index >= 15 is 0 Å². The molecule has 3 rings (SSSR count). The summed E-state index contributed by atoms with van der Waals surface area (Å²) in [6.45, 7) is 11.0. The third-order valence-corrected chi connectivity index (χ3v) is 7.40. The maximum atomic E-state index is 14.7. The van der Waals surface area contributed by atoms with E-state index in [2.05, 4.69) is 20.0 Å². The molecule has 0 saturated carbocycles. The Hall–Kier alpha value is -2.99. The molecule has 1 aromatic heterocycles. The molecule has 1 aliphatic rings. The zero-order chi connectivity index (χ0) is 27.4. The van der Waals surface area contributed by atoms with E-state index in [9.17, 15) is 17.6 Å². The zero-order valence-electron chi connectivity index (χ0n) is 22.3. The van der Waals surface area contributed by atoms with Crippen LogP contribution in [0.15, 0.2) is 35.5 Å². The van der Waals surface area contributed by atoms with E-state index in [-0.39, 0.29) is 22.7 Å². The van der Waals surface area contributed by atoms with E-state index < -0.39 is 21.4 Å². The first-order chi connectivity index (χ1) is 17.2. The minimum atomic E-state index is -3.80. The van der Waals surface area contributed by atoms with E-state index in [4.69, 9.17) is 4.74 Å². The van der Waals surface area contributed by atoms with Gasteiger partial charge >= 0.3 is 6.09 Å². The van der Waals surface area contributed by atoms with Crippen LogP contribution in [-0.2, 0) is 14.8 Å². The first-order valence-electron chi connectivity index (χ1n) is 12.3. The molecule has 2 aromatic rings. The average molecular weight is 537 g/mol. The summed E-state index contributed by atoms with van der Waals surface area (Å²) in [7, 11) is -1.87. The van der Waals surface area contributed by atoms with Crippen molar-refractivity contribution < 1.29 is 22.3 Å². The SMILES string of the molecule is CC(C)NS(=O)(=O)c1ccc(Nc2cc(N(C)CC3CCN(C(=O)OC(C)(C)C)CC3)ncn2)c(F)c1. The summed E-state index contributed by atoms with van der Waals surface area (Å²) in [5, 5.41) is 2.90. The molecule has 204 valence electrons. The number of likely N-dealkylation sites (tertiary alicyclic amines) is 1. The standard InChI is InChI=1S/C25H37FN6O4S/c1-17(2)30-37(34,35)19-7-8-21(20(26)13-19)29-22-14-23(28-16-27-22)31(6)15-18-9-11-32(12-10-18)24(33)36-25(3,4)5/h7-8,13-14,16-18,30H,9-12,15H2,1-6H3,(H,27,28,29). The molecule has 0 spiro atoms. The van der Waals surface area contributed by atoms with Crippen LogP contribution >= 0.6 is 0 Å². The summed E-state index contributed by atoms with van der Waals surface area (Å²) >= 11 is 0. The maximum Gasteiger partial charge on any atom is 0.410 e. The molecule has 0 aliphatic carbocycles. The van der Waals surface area contributed by atoms with Gasteiger partial charge in [-0.25, -0.2) is 32.3 Å². The van der Waals surface area contributed by atoms with Crippen LogP contribution in [0.1, 0.15) is 47.5 Å². The molecule has 1 aliphatic heterocycles. The van der Waals surface area contributed by atoms with Gasteiger partial charge in [0, 0.05) is 38.8 Å². The van der Waals surface area contributed by atoms with Gasteiger partial charge in [-0.2, -0.15) is 0 Å². The molecule has 0 atom stereocenters. The van der Waals surface area contributed by atoms with Crippen molar-refractivity contribution in [3.63, 3.8) is 0 Å². The van der Waals surface area contributed by atoms with Crippen molar-refractivity contribution in [1.82, 2.24) is 19.6 Å². The van der Waals surface area contributed by atoms with Crippen molar-refractivity contribution in [3.05, 3.63) is 36.4 Å². The highest BCUT2D eigenvalue weighted by Crippen LogP contribution is 2.25. The highest BCUT2D eigenvalue weighted by molar-refractivity contribution is 7.89. The number of ether oxygens (including phenoxy) is 1. The molecule has 1 saturated heterocycles. The molecule has 0 unspecified atom stereocenters. The Kier molecular flexibility index (Phi) is 8.96. The van der Waals surface area contributed by atoms with E-state index in [0.717, 1.165) is 25.5 Å². The molecule has 0 radical (unpaired) electrons. The van der Waals surface area contributed by atoms with Crippen LogP contribution in [0.4, 0.5) is 26.5 Å². The fourth-order valence-corrected chi connectivity index (χ4v) is 5.27. The van der Waals surface area contributed by atoms with Crippen LogP contribution in [0.3, 0.4) is 0 Å². The van der Waals surface area contributed by atoms with Gasteiger partial charge in [-0.1, -0.05) is 0 Å². The normalized spacial score (nSPS) is 15.1. The van der Waals surface area contributed by atoms with Gasteiger partial charge in [-0.15, -0.1) is 0 Å². The Balaban J connectivity index is 1.59. The minimum Gasteiger partial charge on any atom is -0.444 e. The molecular weight excluding hydrogens is 499 g/mol. The Morgan fingerprint density at radius 3 is 2.49 bits per heavy atom. The van der Waals surface area contributed by atoms with Gasteiger partial charge < -0.3 is 19.9 Å². The van der Waals surface area contributed by atoms with E-state index in [1.807, 2.05) is 32.7 Å². The van der Waals surface area contributed by atoms with Gasteiger partial charge in [0.2, 0.25) is 10.0 Å². The Morgan fingerprint density at radius 2 is 1.89 bits per heavy atom. The lowest BCUT2D eigenvalue weighted by Gasteiger charge is -2.35. The molecular formula is C25H37FN6O4S. The number of anilines is 3. The number of benzene rings is 1. The molecule has 1 amide bonds. The predicted octanol–water partition coefficient (Wildman–Crippen LogP) is 4.13. The largest absolute Gasteiger partial charge is 0.444 e. The zero-order valence-corrected chi connectivity index (χ0v) is 23.1. The maximum absolute atomic E-state index is 14.7. The molecule has 12 heteroatoms. The van der Waals surface area contributed by atoms with Gasteiger partial charge in [0.05, 0.1) is 10.6 Å². The molecule has 1 aromatic carbocycles. The number of aromatic nitrogens is 2. The van der Waals surface area contributed by atoms with E-state index in [1.54, 1.807) is 24.8 Å². The quantitative estimate of drug-likeness (QED) is 0.517. The lowest BCUT2D eigenvalue weighted by molar-refractivity contribution is 0.0186. The van der Waals surface area contributed by atoms with Crippen molar-refractivity contribution in [2.24, 2.45) is 5.92 Å². The first kappa shape index (κ1) is 28.6. The van der Waals surface area contributed by atoms with Crippen LogP contribution in [0, 0.1) is 11.7 Å². The number of carbonyl (C=O) groups is 1. The number of piperidine rings is 1. The third-order valence-electron chi connectivity index (χ3n) is 5.75. The van der Waals surface area contributed by atoms with E-state index in [1.165, 1.54) is 18.5 Å². The van der Waals surface area contributed by atoms with Crippen LogP contribution in [-0.4, -0.2) is 67.7 Å². The summed E-state index contributed by atoms with van der Waals surface area (Å²) < 4.78 is 47.2. The smallest absolute Gasteiger partial charge is 0.410 e. The van der Waals surface area contributed by atoms with Crippen LogP contribution in [0.2, 0.25) is 0 Å². The number of nitrogens with one attached hydrogen (secondary N) is 2. The summed E-state index contributed by atoms with van der Waals surface area (Å²) in [6.07, 6.45) is 2.82. The van der Waals surface area contributed by atoms with Crippen molar-refractivity contribution in [2.45, 2.75) is 64.0 Å². The monoisotopic (exact) mass is 536 g/mol. The fraction of sp³-hybridized carbons (Fsp3) is 0.560. The second kappa shape index (κ2) is 11.6. The average Bonchev–Trinajstić information content (AvgIpc) is 2.79. The summed E-state index contributed by atoms with van der Waals surface area (Å²) in [6, 6.07) is 5.09. The van der Waals surface area contributed by atoms with Gasteiger partial charge in [0.25, 0.3) is 0 Å². The highest BCUT2D eigenvalue weighted by atomic mass is 32.2. The highest BCUT2D eigenvalue weighted by Gasteiger charge is 2.27. The number of rotatable bonds is 8. The molecule has 2 N–H and O–H groups in total. The van der Waals surface area contributed by atoms with Gasteiger partial charge in [0.15, 0.2) is 0 Å². The van der Waals surface area contributed by atoms with Gasteiger partial charge in [-0.3, -0.25) is 0 Å². The number of hydrogen-bond donors (Lipinski definition) is 2. The van der Waals surface area contributed by atoms with Crippen molar-refractivity contribution in [2.75, 3.05) is 36.9 Å². The van der Waals surface area contributed by atoms with Crippen LogP contribution in [0.25, 0.3) is 0 Å². The Bertz CT molecular complexity index is 1190. The lowest BCUT2D eigenvalue weighted by atomic mass is 9.96. The van der Waals surface area contributed by atoms with Crippen molar-refractivity contribution in [3.8, 4) is 0 Å². The summed E-state index contributed by atoms with van der Waals surface area (Å²) in [5.74, 6) is 0.706. The van der Waals surface area contributed by atoms with Crippen molar-refractivity contribution >= 4 is 33.4 Å². The number of amides is 1. The number of carbonyl (C=O) groups excluding carboxylic acids is 1. The predicted molar refractivity (Wildman–Crippen MR) is 141 cm³/mol. The molecule has 10 nitrogen and oxygen atoms in total. The summed E-state index contributed by atoms with van der Waals surface area (Å²) in [5.41, 5.74) is -0.411. The van der Waals surface area contributed by atoms with Crippen molar-refractivity contribution in [1.29, 1.82) is 0 Å². The third kappa shape index (κ3) is 8.26. The fourth-order valence-electron chi connectivity index (χ4n) is 4.01. The second-order valence-electron chi connectivity index (χ2n) is 10.6. The summed E-state index contributed by atoms with van der Waals surface area (Å²) in [4.78, 5) is 24.4. The Labute approximate surface area is 218 Å². The lowest BCUT2D eigenvalue weighted by Crippen LogP contribution is -2.43. The number of nitrogens with zero attached hydrogens (tertiary/aromatic N) is 4. The number of sulfonamides is 1. The molecule has 1 fully saturated rings. The number of hydrogen-bond acceptors (Lipinski definition) is 8. The molecule has 0 bridgehead atoms. The first-order valence-corrected chi connectivity index (χ1v) is 13.8. The van der Waals surface area contributed by atoms with Crippen LogP contribution < -0.4 is 14.9 Å². The van der Waals surface area contributed by atoms with Crippen LogP contribution in [0.5, 0.6) is 0 Å². The second-order valence-corrected chi connectivity index (χ2v) is 12.3. The molecule has 37 heavy (non-hydrogen) atoms. The molecule has 2 heterocycles. The Morgan fingerprint density at radius 1 is 1.22 bits per heavy atom. The topological polar surface area (TPSA) is 117 Å². The van der Waals surface area contributed by atoms with Gasteiger partial charge in [-0.05, 0) is 71.6 Å². The van der Waals surface area contributed by atoms with Gasteiger partial charge in [0.1, 0.15) is 29.4 Å². The van der Waals surface area contributed by atoms with E-state index in [0.29, 0.717) is 30.6 Å². The minimum absolute atomic E-state index is 0.102.